The first kappa shape index (κ1) is 13.6. The zero-order chi connectivity index (χ0) is 14.8. The Morgan fingerprint density at radius 2 is 2.14 bits per heavy atom. The molecule has 0 spiro atoms. The lowest BCUT2D eigenvalue weighted by molar-refractivity contribution is 0.0947. The SMILES string of the molecule is O=C(NCc1nnc2ccccn12)c1ccc(Br)cc1O. The zero-order valence-corrected chi connectivity index (χ0v) is 12.4. The lowest BCUT2D eigenvalue weighted by Crippen LogP contribution is -2.24. The Hall–Kier alpha value is -2.41. The first-order valence-electron chi connectivity index (χ1n) is 6.20. The lowest BCUT2D eigenvalue weighted by atomic mass is 10.2. The molecule has 0 radical (unpaired) electrons. The van der Waals surface area contributed by atoms with Crippen LogP contribution in [0.15, 0.2) is 47.1 Å². The van der Waals surface area contributed by atoms with Gasteiger partial charge in [0.05, 0.1) is 12.1 Å². The van der Waals surface area contributed by atoms with Crippen LogP contribution in [0.25, 0.3) is 5.65 Å². The van der Waals surface area contributed by atoms with E-state index < -0.39 is 0 Å². The molecular formula is C14H11BrN4O2. The number of benzene rings is 1. The van der Waals surface area contributed by atoms with Crippen molar-refractivity contribution < 1.29 is 9.90 Å². The van der Waals surface area contributed by atoms with Crippen molar-refractivity contribution in [2.45, 2.75) is 6.54 Å². The van der Waals surface area contributed by atoms with Crippen molar-refractivity contribution in [3.8, 4) is 5.75 Å². The fourth-order valence-corrected chi connectivity index (χ4v) is 2.31. The van der Waals surface area contributed by atoms with Gasteiger partial charge in [-0.15, -0.1) is 10.2 Å². The number of nitrogens with zero attached hydrogens (tertiary/aromatic N) is 3. The van der Waals surface area contributed by atoms with Gasteiger partial charge < -0.3 is 10.4 Å². The highest BCUT2D eigenvalue weighted by atomic mass is 79.9. The van der Waals surface area contributed by atoms with Gasteiger partial charge in [-0.05, 0) is 30.3 Å². The lowest BCUT2D eigenvalue weighted by Gasteiger charge is -2.06. The summed E-state index contributed by atoms with van der Waals surface area (Å²) >= 11 is 3.23. The first-order chi connectivity index (χ1) is 10.1. The average Bonchev–Trinajstić information content (AvgIpc) is 2.88. The van der Waals surface area contributed by atoms with Crippen LogP contribution < -0.4 is 5.32 Å². The zero-order valence-electron chi connectivity index (χ0n) is 10.8. The number of phenolic OH excluding ortho intramolecular Hbond substituents is 1. The number of pyridine rings is 1. The number of amides is 1. The number of rotatable bonds is 3. The third-order valence-corrected chi connectivity index (χ3v) is 3.49. The monoisotopic (exact) mass is 346 g/mol. The van der Waals surface area contributed by atoms with E-state index >= 15 is 0 Å². The van der Waals surface area contributed by atoms with Gasteiger partial charge in [-0.2, -0.15) is 0 Å². The first-order valence-corrected chi connectivity index (χ1v) is 7.00. The molecule has 2 aromatic heterocycles. The predicted octanol–water partition coefficient (Wildman–Crippen LogP) is 2.13. The smallest absolute Gasteiger partial charge is 0.255 e. The Morgan fingerprint density at radius 1 is 1.29 bits per heavy atom. The molecule has 106 valence electrons. The van der Waals surface area contributed by atoms with Crippen LogP contribution in [0, 0.1) is 0 Å². The highest BCUT2D eigenvalue weighted by molar-refractivity contribution is 9.10. The molecule has 7 heteroatoms. The van der Waals surface area contributed by atoms with E-state index in [4.69, 9.17) is 0 Å². The van der Waals surface area contributed by atoms with Gasteiger partial charge in [0.15, 0.2) is 11.5 Å². The molecule has 0 atom stereocenters. The molecule has 0 bridgehead atoms. The second kappa shape index (κ2) is 5.53. The summed E-state index contributed by atoms with van der Waals surface area (Å²) in [5, 5.41) is 20.5. The number of carbonyl (C=O) groups is 1. The van der Waals surface area contributed by atoms with E-state index in [-0.39, 0.29) is 23.8 Å². The molecule has 0 unspecified atom stereocenters. The van der Waals surface area contributed by atoms with Gasteiger partial charge in [0, 0.05) is 10.7 Å². The van der Waals surface area contributed by atoms with Crippen LogP contribution in [0.2, 0.25) is 0 Å². The molecule has 1 amide bonds. The Bertz CT molecular complexity index is 816. The topological polar surface area (TPSA) is 79.5 Å². The van der Waals surface area contributed by atoms with Crippen molar-refractivity contribution >= 4 is 27.5 Å². The minimum absolute atomic E-state index is 0.0759. The summed E-state index contributed by atoms with van der Waals surface area (Å²) in [6.07, 6.45) is 1.83. The van der Waals surface area contributed by atoms with Crippen LogP contribution in [-0.2, 0) is 6.54 Å². The fourth-order valence-electron chi connectivity index (χ4n) is 1.96. The van der Waals surface area contributed by atoms with Crippen LogP contribution in [0.3, 0.4) is 0 Å². The van der Waals surface area contributed by atoms with Gasteiger partial charge in [-0.3, -0.25) is 9.20 Å². The molecule has 0 aliphatic heterocycles. The second-order valence-electron chi connectivity index (χ2n) is 4.39. The molecule has 0 saturated heterocycles. The molecule has 0 saturated carbocycles. The van der Waals surface area contributed by atoms with E-state index in [1.807, 2.05) is 24.4 Å². The van der Waals surface area contributed by atoms with Crippen LogP contribution in [0.1, 0.15) is 16.2 Å². The van der Waals surface area contributed by atoms with E-state index in [0.29, 0.717) is 15.9 Å². The summed E-state index contributed by atoms with van der Waals surface area (Å²) in [7, 11) is 0. The van der Waals surface area contributed by atoms with Gasteiger partial charge in [-0.25, -0.2) is 0 Å². The quantitative estimate of drug-likeness (QED) is 0.761. The standard InChI is InChI=1S/C14H11BrN4O2/c15-9-4-5-10(11(20)7-9)14(21)16-8-13-18-17-12-3-1-2-6-19(12)13/h1-7,20H,8H2,(H,16,21). The van der Waals surface area contributed by atoms with E-state index in [1.165, 1.54) is 6.07 Å². The van der Waals surface area contributed by atoms with Crippen molar-refractivity contribution in [2.75, 3.05) is 0 Å². The van der Waals surface area contributed by atoms with E-state index in [0.717, 1.165) is 0 Å². The van der Waals surface area contributed by atoms with Gasteiger partial charge in [0.25, 0.3) is 5.91 Å². The number of aromatic nitrogens is 3. The van der Waals surface area contributed by atoms with Crippen molar-refractivity contribution in [1.82, 2.24) is 19.9 Å². The second-order valence-corrected chi connectivity index (χ2v) is 5.30. The highest BCUT2D eigenvalue weighted by Crippen LogP contribution is 2.22. The number of fused-ring (bicyclic) bond motifs is 1. The summed E-state index contributed by atoms with van der Waals surface area (Å²) in [6, 6.07) is 10.3. The molecule has 21 heavy (non-hydrogen) atoms. The van der Waals surface area contributed by atoms with Crippen molar-refractivity contribution in [3.63, 3.8) is 0 Å². The summed E-state index contributed by atoms with van der Waals surface area (Å²) in [5.41, 5.74) is 0.931. The van der Waals surface area contributed by atoms with Crippen LogP contribution in [-0.4, -0.2) is 25.6 Å². The normalized spacial score (nSPS) is 10.7. The number of hydrogen-bond acceptors (Lipinski definition) is 4. The van der Waals surface area contributed by atoms with Gasteiger partial charge >= 0.3 is 0 Å². The van der Waals surface area contributed by atoms with Gasteiger partial charge in [-0.1, -0.05) is 22.0 Å². The Morgan fingerprint density at radius 3 is 2.95 bits per heavy atom. The van der Waals surface area contributed by atoms with Gasteiger partial charge in [0.2, 0.25) is 0 Å². The summed E-state index contributed by atoms with van der Waals surface area (Å²) in [6.45, 7) is 0.222. The van der Waals surface area contributed by atoms with E-state index in [1.54, 1.807) is 16.5 Å². The van der Waals surface area contributed by atoms with E-state index in [9.17, 15) is 9.90 Å². The molecule has 2 N–H and O–H groups in total. The predicted molar refractivity (Wildman–Crippen MR) is 80.0 cm³/mol. The molecule has 6 nitrogen and oxygen atoms in total. The maximum absolute atomic E-state index is 12.1. The van der Waals surface area contributed by atoms with Crippen LogP contribution in [0.5, 0.6) is 5.75 Å². The summed E-state index contributed by atoms with van der Waals surface area (Å²) in [5.74, 6) is 0.177. The molecule has 3 rings (SSSR count). The highest BCUT2D eigenvalue weighted by Gasteiger charge is 2.12. The third kappa shape index (κ3) is 2.73. The average molecular weight is 347 g/mol. The summed E-state index contributed by atoms with van der Waals surface area (Å²) in [4.78, 5) is 12.1. The minimum Gasteiger partial charge on any atom is -0.507 e. The Labute approximate surface area is 128 Å². The Kier molecular flexibility index (Phi) is 3.57. The molecule has 0 aliphatic carbocycles. The van der Waals surface area contributed by atoms with E-state index in [2.05, 4.69) is 31.4 Å². The molecule has 2 heterocycles. The fraction of sp³-hybridized carbons (Fsp3) is 0.0714. The van der Waals surface area contributed by atoms with Crippen LogP contribution in [0.4, 0.5) is 0 Å². The largest absolute Gasteiger partial charge is 0.507 e. The van der Waals surface area contributed by atoms with Crippen molar-refractivity contribution in [3.05, 3.63) is 58.5 Å². The number of nitrogens with one attached hydrogen (secondary N) is 1. The number of halogens is 1. The summed E-state index contributed by atoms with van der Waals surface area (Å²) < 4.78 is 2.50. The Balaban J connectivity index is 1.77. The number of hydrogen-bond donors (Lipinski definition) is 2. The minimum atomic E-state index is -0.368. The van der Waals surface area contributed by atoms with Crippen molar-refractivity contribution in [1.29, 1.82) is 0 Å². The molecule has 3 aromatic rings. The molecule has 1 aromatic carbocycles. The third-order valence-electron chi connectivity index (χ3n) is 3.00. The maximum Gasteiger partial charge on any atom is 0.255 e. The molecule has 0 fully saturated rings. The van der Waals surface area contributed by atoms with Gasteiger partial charge in [0.1, 0.15) is 5.75 Å². The maximum atomic E-state index is 12.1. The molecule has 0 aliphatic rings. The van der Waals surface area contributed by atoms with Crippen molar-refractivity contribution in [2.24, 2.45) is 0 Å². The van der Waals surface area contributed by atoms with Crippen LogP contribution >= 0.6 is 15.9 Å². The molecular weight excluding hydrogens is 336 g/mol. The number of aromatic hydroxyl groups is 1. The number of carbonyl (C=O) groups excluding carboxylic acids is 1. The number of phenols is 1.